The van der Waals surface area contributed by atoms with Crippen LogP contribution in [0, 0.1) is 0 Å². The number of nitrogen functional groups attached to an aromatic ring is 1. The van der Waals surface area contributed by atoms with Gasteiger partial charge in [0.15, 0.2) is 6.29 Å². The van der Waals surface area contributed by atoms with Crippen molar-refractivity contribution in [2.45, 2.75) is 0 Å². The van der Waals surface area contributed by atoms with E-state index >= 15 is 0 Å². The van der Waals surface area contributed by atoms with Crippen LogP contribution in [0.25, 0.3) is 0 Å². The highest BCUT2D eigenvalue weighted by atomic mass is 16.4. The number of anilines is 1. The normalized spacial score (nSPS) is 9.31. The smallest absolute Gasteiger partial charge is 0.338 e. The van der Waals surface area contributed by atoms with Gasteiger partial charge in [0.25, 0.3) is 0 Å². The Kier molecular flexibility index (Phi) is 2.61. The van der Waals surface area contributed by atoms with Crippen molar-refractivity contribution in [2.24, 2.45) is 5.84 Å². The standard InChI is InChI=1S/C8H8N2O3/c9-10-6-3-1-2-5(4-11)7(6)8(12)13/h1-4,10H,9H2,(H,12,13). The predicted octanol–water partition coefficient (Wildman–Crippen LogP) is 0.483. The van der Waals surface area contributed by atoms with E-state index < -0.39 is 5.97 Å². The summed E-state index contributed by atoms with van der Waals surface area (Å²) >= 11 is 0. The summed E-state index contributed by atoms with van der Waals surface area (Å²) < 4.78 is 0. The summed E-state index contributed by atoms with van der Waals surface area (Å²) in [6.07, 6.45) is 0.476. The molecule has 4 N–H and O–H groups in total. The molecule has 5 nitrogen and oxygen atoms in total. The molecule has 13 heavy (non-hydrogen) atoms. The molecule has 0 bridgehead atoms. The largest absolute Gasteiger partial charge is 0.478 e. The summed E-state index contributed by atoms with van der Waals surface area (Å²) in [5.74, 6) is 3.90. The highest BCUT2D eigenvalue weighted by molar-refractivity contribution is 6.02. The second-order valence-corrected chi connectivity index (χ2v) is 2.34. The first kappa shape index (κ1) is 9.21. The Bertz CT molecular complexity index is 349. The topological polar surface area (TPSA) is 92.4 Å². The molecular formula is C8H8N2O3. The fraction of sp³-hybridized carbons (Fsp3) is 0. The first-order valence-electron chi connectivity index (χ1n) is 3.48. The Labute approximate surface area is 74.1 Å². The monoisotopic (exact) mass is 180 g/mol. The van der Waals surface area contributed by atoms with E-state index in [9.17, 15) is 9.59 Å². The second-order valence-electron chi connectivity index (χ2n) is 2.34. The van der Waals surface area contributed by atoms with Crippen LogP contribution in [0.4, 0.5) is 5.69 Å². The minimum Gasteiger partial charge on any atom is -0.478 e. The molecule has 1 rings (SSSR count). The molecule has 0 amide bonds. The first-order chi connectivity index (χ1) is 6.20. The predicted molar refractivity (Wildman–Crippen MR) is 46.6 cm³/mol. The van der Waals surface area contributed by atoms with Crippen molar-refractivity contribution in [1.29, 1.82) is 0 Å². The number of hydrogen-bond donors (Lipinski definition) is 3. The van der Waals surface area contributed by atoms with E-state index in [2.05, 4.69) is 5.43 Å². The number of carboxylic acids is 1. The van der Waals surface area contributed by atoms with Gasteiger partial charge in [0.2, 0.25) is 0 Å². The molecule has 0 spiro atoms. The summed E-state index contributed by atoms with van der Waals surface area (Å²) in [6, 6.07) is 4.44. The summed E-state index contributed by atoms with van der Waals surface area (Å²) in [7, 11) is 0. The molecule has 0 aliphatic heterocycles. The Morgan fingerprint density at radius 2 is 2.23 bits per heavy atom. The lowest BCUT2D eigenvalue weighted by Gasteiger charge is -2.05. The van der Waals surface area contributed by atoms with E-state index in [0.717, 1.165) is 0 Å². The van der Waals surface area contributed by atoms with Crippen molar-refractivity contribution in [3.8, 4) is 0 Å². The quantitative estimate of drug-likeness (QED) is 0.357. The zero-order valence-electron chi connectivity index (χ0n) is 6.65. The number of aromatic carboxylic acids is 1. The molecule has 0 aliphatic carbocycles. The molecule has 0 unspecified atom stereocenters. The third-order valence-electron chi connectivity index (χ3n) is 1.59. The van der Waals surface area contributed by atoms with E-state index in [1.807, 2.05) is 0 Å². The Morgan fingerprint density at radius 1 is 1.54 bits per heavy atom. The zero-order chi connectivity index (χ0) is 9.84. The van der Waals surface area contributed by atoms with Crippen molar-refractivity contribution < 1.29 is 14.7 Å². The third kappa shape index (κ3) is 1.65. The van der Waals surface area contributed by atoms with Gasteiger partial charge in [-0.1, -0.05) is 12.1 Å². The van der Waals surface area contributed by atoms with Crippen molar-refractivity contribution in [1.82, 2.24) is 0 Å². The Balaban J connectivity index is 3.38. The number of rotatable bonds is 3. The Hall–Kier alpha value is -1.88. The maximum Gasteiger partial charge on any atom is 0.338 e. The van der Waals surface area contributed by atoms with Crippen LogP contribution in [0.1, 0.15) is 20.7 Å². The van der Waals surface area contributed by atoms with Crippen LogP contribution in [-0.2, 0) is 0 Å². The summed E-state index contributed by atoms with van der Waals surface area (Å²) in [5.41, 5.74) is 2.42. The van der Waals surface area contributed by atoms with E-state index in [4.69, 9.17) is 10.9 Å². The molecule has 0 heterocycles. The molecule has 0 saturated heterocycles. The molecule has 0 atom stereocenters. The van der Waals surface area contributed by atoms with Crippen LogP contribution in [0.5, 0.6) is 0 Å². The third-order valence-corrected chi connectivity index (χ3v) is 1.59. The van der Waals surface area contributed by atoms with Gasteiger partial charge in [-0.15, -0.1) is 0 Å². The molecule has 0 aliphatic rings. The Morgan fingerprint density at radius 3 is 2.69 bits per heavy atom. The lowest BCUT2D eigenvalue weighted by molar-refractivity contribution is 0.0695. The fourth-order valence-corrected chi connectivity index (χ4v) is 1.03. The van der Waals surface area contributed by atoms with Gasteiger partial charge in [0.05, 0.1) is 11.3 Å². The van der Waals surface area contributed by atoms with Crippen molar-refractivity contribution >= 4 is 17.9 Å². The highest BCUT2D eigenvalue weighted by Gasteiger charge is 2.13. The van der Waals surface area contributed by atoms with Crippen LogP contribution in [0.2, 0.25) is 0 Å². The minimum absolute atomic E-state index is 0.1000. The average Bonchev–Trinajstić information content (AvgIpc) is 2.16. The second kappa shape index (κ2) is 3.68. The summed E-state index contributed by atoms with van der Waals surface area (Å²) in [6.45, 7) is 0. The van der Waals surface area contributed by atoms with Gasteiger partial charge in [0.1, 0.15) is 0 Å². The van der Waals surface area contributed by atoms with Gasteiger partial charge in [-0.25, -0.2) is 4.79 Å². The van der Waals surface area contributed by atoms with Gasteiger partial charge < -0.3 is 10.5 Å². The number of hydrazine groups is 1. The molecule has 0 saturated carbocycles. The maximum atomic E-state index is 10.7. The van der Waals surface area contributed by atoms with E-state index in [1.54, 1.807) is 6.07 Å². The molecule has 1 aromatic carbocycles. The SMILES string of the molecule is NNc1cccc(C=O)c1C(=O)O. The molecular weight excluding hydrogens is 172 g/mol. The number of carbonyl (C=O) groups excluding carboxylic acids is 1. The molecule has 5 heteroatoms. The zero-order valence-corrected chi connectivity index (χ0v) is 6.65. The average molecular weight is 180 g/mol. The molecule has 0 fully saturated rings. The molecule has 1 aromatic rings. The number of nitrogens with one attached hydrogen (secondary N) is 1. The maximum absolute atomic E-state index is 10.7. The van der Waals surface area contributed by atoms with Crippen LogP contribution in [0.3, 0.4) is 0 Å². The van der Waals surface area contributed by atoms with Crippen molar-refractivity contribution in [2.75, 3.05) is 5.43 Å². The van der Waals surface area contributed by atoms with Gasteiger partial charge >= 0.3 is 5.97 Å². The van der Waals surface area contributed by atoms with Crippen LogP contribution < -0.4 is 11.3 Å². The first-order valence-corrected chi connectivity index (χ1v) is 3.48. The van der Waals surface area contributed by atoms with Crippen LogP contribution in [-0.4, -0.2) is 17.4 Å². The van der Waals surface area contributed by atoms with Crippen molar-refractivity contribution in [3.63, 3.8) is 0 Å². The summed E-state index contributed by atoms with van der Waals surface area (Å²) in [4.78, 5) is 21.2. The van der Waals surface area contributed by atoms with Gasteiger partial charge in [-0.05, 0) is 6.07 Å². The van der Waals surface area contributed by atoms with Gasteiger partial charge in [-0.3, -0.25) is 10.6 Å². The number of aldehydes is 1. The van der Waals surface area contributed by atoms with Crippen LogP contribution >= 0.6 is 0 Å². The minimum atomic E-state index is -1.18. The lowest BCUT2D eigenvalue weighted by atomic mass is 10.1. The fourth-order valence-electron chi connectivity index (χ4n) is 1.03. The van der Waals surface area contributed by atoms with Gasteiger partial charge in [0, 0.05) is 5.56 Å². The molecule has 0 aromatic heterocycles. The highest BCUT2D eigenvalue weighted by Crippen LogP contribution is 2.17. The number of carboxylic acid groups (broad SMARTS) is 1. The number of hydrogen-bond acceptors (Lipinski definition) is 4. The van der Waals surface area contributed by atoms with E-state index in [1.165, 1.54) is 12.1 Å². The van der Waals surface area contributed by atoms with Crippen LogP contribution in [0.15, 0.2) is 18.2 Å². The number of nitrogens with two attached hydrogens (primary N) is 1. The van der Waals surface area contributed by atoms with E-state index in [0.29, 0.717) is 6.29 Å². The number of carbonyl (C=O) groups is 2. The van der Waals surface area contributed by atoms with E-state index in [-0.39, 0.29) is 16.8 Å². The lowest BCUT2D eigenvalue weighted by Crippen LogP contribution is -2.13. The molecule has 0 radical (unpaired) electrons. The summed E-state index contributed by atoms with van der Waals surface area (Å²) in [5, 5.41) is 8.75. The molecule has 68 valence electrons. The number of benzene rings is 1. The van der Waals surface area contributed by atoms with Gasteiger partial charge in [-0.2, -0.15) is 0 Å². The van der Waals surface area contributed by atoms with Crippen molar-refractivity contribution in [3.05, 3.63) is 29.3 Å².